The molecule has 1 aliphatic rings. The maximum atomic E-state index is 12.4. The lowest BCUT2D eigenvalue weighted by Gasteiger charge is -2.39. The monoisotopic (exact) mass is 359 g/mol. The third-order valence-electron chi connectivity index (χ3n) is 4.82. The van der Waals surface area contributed by atoms with Crippen LogP contribution in [0.2, 0.25) is 0 Å². The van der Waals surface area contributed by atoms with Crippen LogP contribution in [0.3, 0.4) is 0 Å². The predicted molar refractivity (Wildman–Crippen MR) is 95.7 cm³/mol. The number of imidazole rings is 1. The van der Waals surface area contributed by atoms with E-state index in [1.807, 2.05) is 42.0 Å². The number of rotatable bonds is 6. The number of aliphatic hydroxyl groups excluding tert-OH is 1. The van der Waals surface area contributed by atoms with Crippen molar-refractivity contribution < 1.29 is 19.7 Å². The van der Waals surface area contributed by atoms with Crippen LogP contribution >= 0.6 is 0 Å². The van der Waals surface area contributed by atoms with Crippen LogP contribution in [0.4, 0.5) is 0 Å². The zero-order valence-corrected chi connectivity index (χ0v) is 14.9. The van der Waals surface area contributed by atoms with Gasteiger partial charge in [-0.25, -0.2) is 4.98 Å². The van der Waals surface area contributed by atoms with Gasteiger partial charge in [-0.15, -0.1) is 0 Å². The molecule has 2 heterocycles. The third-order valence-corrected chi connectivity index (χ3v) is 4.82. The van der Waals surface area contributed by atoms with E-state index in [-0.39, 0.29) is 12.5 Å². The number of hydrogen-bond acceptors (Lipinski definition) is 5. The van der Waals surface area contributed by atoms with Crippen molar-refractivity contribution in [3.8, 4) is 5.75 Å². The number of para-hydroxylation sites is 1. The molecule has 0 radical (unpaired) electrons. The Labute approximate surface area is 152 Å². The van der Waals surface area contributed by atoms with E-state index >= 15 is 0 Å². The first kappa shape index (κ1) is 18.4. The van der Waals surface area contributed by atoms with Gasteiger partial charge in [0.15, 0.2) is 6.10 Å². The first-order valence-electron chi connectivity index (χ1n) is 8.80. The van der Waals surface area contributed by atoms with E-state index in [0.29, 0.717) is 38.2 Å². The Hall–Kier alpha value is -2.38. The van der Waals surface area contributed by atoms with Gasteiger partial charge in [0.1, 0.15) is 12.4 Å². The number of benzene rings is 1. The Morgan fingerprint density at radius 1 is 1.35 bits per heavy atom. The minimum absolute atomic E-state index is 0.0838. The number of amides is 1. The van der Waals surface area contributed by atoms with Crippen molar-refractivity contribution in [1.29, 1.82) is 0 Å². The molecule has 1 aliphatic heterocycles. The number of carbonyl (C=O) groups is 1. The zero-order valence-electron chi connectivity index (χ0n) is 14.9. The fraction of sp³-hybridized carbons (Fsp3) is 0.474. The van der Waals surface area contributed by atoms with Crippen molar-refractivity contribution in [3.05, 3.63) is 48.5 Å². The van der Waals surface area contributed by atoms with E-state index in [9.17, 15) is 15.0 Å². The Kier molecular flexibility index (Phi) is 5.58. The summed E-state index contributed by atoms with van der Waals surface area (Å²) in [5, 5.41) is 20.9. The van der Waals surface area contributed by atoms with Crippen molar-refractivity contribution in [3.63, 3.8) is 0 Å². The highest BCUT2D eigenvalue weighted by Gasteiger charge is 2.35. The molecule has 3 rings (SSSR count). The highest BCUT2D eigenvalue weighted by Crippen LogP contribution is 2.24. The number of carbonyl (C=O) groups excluding carboxylic acids is 1. The van der Waals surface area contributed by atoms with Crippen molar-refractivity contribution in [2.24, 2.45) is 0 Å². The Morgan fingerprint density at radius 3 is 2.73 bits per heavy atom. The topological polar surface area (TPSA) is 87.8 Å². The van der Waals surface area contributed by atoms with Crippen LogP contribution in [0, 0.1) is 6.92 Å². The summed E-state index contributed by atoms with van der Waals surface area (Å²) in [5.74, 6) is 0.302. The lowest BCUT2D eigenvalue weighted by atomic mass is 9.91. The number of piperidine rings is 1. The average molecular weight is 359 g/mol. The van der Waals surface area contributed by atoms with Gasteiger partial charge < -0.3 is 24.4 Å². The quantitative estimate of drug-likeness (QED) is 0.803. The van der Waals surface area contributed by atoms with Crippen molar-refractivity contribution in [2.45, 2.75) is 38.0 Å². The normalized spacial score (nSPS) is 17.7. The first-order valence-corrected chi connectivity index (χ1v) is 8.80. The summed E-state index contributed by atoms with van der Waals surface area (Å²) >= 11 is 0. The summed E-state index contributed by atoms with van der Waals surface area (Å²) in [6.07, 6.45) is 4.86. The molecule has 26 heavy (non-hydrogen) atoms. The van der Waals surface area contributed by atoms with Crippen LogP contribution in [-0.4, -0.2) is 62.0 Å². The molecule has 140 valence electrons. The summed E-state index contributed by atoms with van der Waals surface area (Å²) in [7, 11) is 0. The highest BCUT2D eigenvalue weighted by molar-refractivity contribution is 5.81. The summed E-state index contributed by atoms with van der Waals surface area (Å²) in [5.41, 5.74) is 0.0924. The lowest BCUT2D eigenvalue weighted by molar-refractivity contribution is -0.146. The molecule has 7 heteroatoms. The first-order chi connectivity index (χ1) is 12.5. The Balaban J connectivity index is 1.49. The van der Waals surface area contributed by atoms with Crippen LogP contribution in [0.25, 0.3) is 0 Å². The van der Waals surface area contributed by atoms with Gasteiger partial charge >= 0.3 is 0 Å². The van der Waals surface area contributed by atoms with Gasteiger partial charge in [0, 0.05) is 25.5 Å². The molecule has 0 spiro atoms. The molecule has 1 atom stereocenters. The highest BCUT2D eigenvalue weighted by atomic mass is 16.5. The van der Waals surface area contributed by atoms with Gasteiger partial charge in [0.2, 0.25) is 0 Å². The lowest BCUT2D eigenvalue weighted by Crippen LogP contribution is -2.51. The number of nitrogens with zero attached hydrogens (tertiary/aromatic N) is 3. The van der Waals surface area contributed by atoms with E-state index < -0.39 is 11.7 Å². The molecule has 1 fully saturated rings. The summed E-state index contributed by atoms with van der Waals surface area (Å²) in [6.45, 7) is 3.10. The Bertz CT molecular complexity index is 724. The number of hydrogen-bond donors (Lipinski definition) is 2. The second-order valence-corrected chi connectivity index (χ2v) is 6.88. The molecular weight excluding hydrogens is 334 g/mol. The van der Waals surface area contributed by atoms with Crippen LogP contribution in [0.15, 0.2) is 43.0 Å². The van der Waals surface area contributed by atoms with Crippen molar-refractivity contribution in [2.75, 3.05) is 19.7 Å². The van der Waals surface area contributed by atoms with Gasteiger partial charge in [0.05, 0.1) is 18.5 Å². The maximum absolute atomic E-state index is 12.4. The zero-order chi connectivity index (χ0) is 18.6. The molecule has 1 amide bonds. The minimum atomic E-state index is -1.21. The molecule has 1 aromatic heterocycles. The Morgan fingerprint density at radius 2 is 2.08 bits per heavy atom. The molecule has 0 bridgehead atoms. The second kappa shape index (κ2) is 7.88. The largest absolute Gasteiger partial charge is 0.490 e. The van der Waals surface area contributed by atoms with Crippen molar-refractivity contribution in [1.82, 2.24) is 14.5 Å². The SMILES string of the molecule is Cc1ccccc1OC[C@@H](O)C(=O)N1CCC(O)(Cn2ccnc2)CC1. The number of aliphatic hydroxyl groups is 2. The van der Waals surface area contributed by atoms with Gasteiger partial charge in [-0.3, -0.25) is 4.79 Å². The molecule has 0 aliphatic carbocycles. The molecule has 2 N–H and O–H groups in total. The maximum Gasteiger partial charge on any atom is 0.254 e. The number of aryl methyl sites for hydroxylation is 1. The second-order valence-electron chi connectivity index (χ2n) is 6.88. The van der Waals surface area contributed by atoms with E-state index in [0.717, 1.165) is 5.56 Å². The number of aromatic nitrogens is 2. The third kappa shape index (κ3) is 4.42. The molecule has 1 aromatic carbocycles. The summed E-state index contributed by atoms with van der Waals surface area (Å²) in [6, 6.07) is 7.48. The fourth-order valence-corrected chi connectivity index (χ4v) is 3.19. The molecule has 1 saturated heterocycles. The predicted octanol–water partition coefficient (Wildman–Crippen LogP) is 0.985. The van der Waals surface area contributed by atoms with Crippen molar-refractivity contribution >= 4 is 5.91 Å². The van der Waals surface area contributed by atoms with E-state index in [1.54, 1.807) is 17.4 Å². The number of likely N-dealkylation sites (tertiary alicyclic amines) is 1. The summed E-state index contributed by atoms with van der Waals surface area (Å²) < 4.78 is 7.40. The standard InChI is InChI=1S/C19H25N3O4/c1-15-4-2-3-5-17(15)26-12-16(23)18(24)22-9-6-19(25,7-10-22)13-21-11-8-20-14-21/h2-5,8,11,14,16,23,25H,6-7,9-10,12-13H2,1H3/t16-/m1/s1. The van der Waals surface area contributed by atoms with Crippen LogP contribution < -0.4 is 4.74 Å². The average Bonchev–Trinajstić information content (AvgIpc) is 3.13. The molecule has 0 saturated carbocycles. The minimum Gasteiger partial charge on any atom is -0.490 e. The summed E-state index contributed by atoms with van der Waals surface area (Å²) in [4.78, 5) is 18.0. The van der Waals surface area contributed by atoms with Gasteiger partial charge in [-0.1, -0.05) is 18.2 Å². The van der Waals surface area contributed by atoms with Gasteiger partial charge in [-0.2, -0.15) is 0 Å². The molecule has 2 aromatic rings. The fourth-order valence-electron chi connectivity index (χ4n) is 3.19. The molecular formula is C19H25N3O4. The van der Waals surface area contributed by atoms with Crippen LogP contribution in [0.5, 0.6) is 5.75 Å². The van der Waals surface area contributed by atoms with Gasteiger partial charge in [0.25, 0.3) is 5.91 Å². The van der Waals surface area contributed by atoms with Crippen LogP contribution in [0.1, 0.15) is 18.4 Å². The molecule has 0 unspecified atom stereocenters. The van der Waals surface area contributed by atoms with E-state index in [1.165, 1.54) is 0 Å². The van der Waals surface area contributed by atoms with Crippen LogP contribution in [-0.2, 0) is 11.3 Å². The van der Waals surface area contributed by atoms with E-state index in [2.05, 4.69) is 4.98 Å². The molecule has 7 nitrogen and oxygen atoms in total. The number of ether oxygens (including phenoxy) is 1. The van der Waals surface area contributed by atoms with Gasteiger partial charge in [-0.05, 0) is 31.4 Å². The smallest absolute Gasteiger partial charge is 0.254 e. The van der Waals surface area contributed by atoms with E-state index in [4.69, 9.17) is 4.74 Å².